The number of hydrogen-bond acceptors (Lipinski definition) is 27. The van der Waals surface area contributed by atoms with Crippen LogP contribution in [0.4, 0.5) is 0 Å². The highest BCUT2D eigenvalue weighted by atomic mass is 33.1. The van der Waals surface area contributed by atoms with Crippen molar-refractivity contribution >= 4 is 134 Å². The third kappa shape index (κ3) is 37.5. The second-order valence-corrected chi connectivity index (χ2v) is 35.2. The predicted molar refractivity (Wildman–Crippen MR) is 480 cm³/mol. The minimum absolute atomic E-state index is 0.000274. The van der Waals surface area contributed by atoms with Gasteiger partial charge in [-0.2, -0.15) is 0 Å². The van der Waals surface area contributed by atoms with Crippen LogP contribution in [0.15, 0.2) is 67.1 Å². The molecule has 0 unspecified atom stereocenters. The van der Waals surface area contributed by atoms with Gasteiger partial charge in [-0.3, -0.25) is 92.3 Å². The molecular weight excluding hydrogens is 1750 g/mol. The minimum Gasteiger partial charge on any atom is -0.508 e. The Morgan fingerprint density at radius 2 is 1.18 bits per heavy atom. The van der Waals surface area contributed by atoms with Gasteiger partial charge in [0.25, 0.3) is 0 Å². The first-order valence-corrected chi connectivity index (χ1v) is 45.5. The number of rotatable bonds is 39. The lowest BCUT2D eigenvalue weighted by Crippen LogP contribution is -2.62. The molecular formula is C82H128N26O21S2. The van der Waals surface area contributed by atoms with Gasteiger partial charge in [-0.25, -0.2) is 4.98 Å². The molecule has 724 valence electrons. The molecule has 2 saturated heterocycles. The van der Waals surface area contributed by atoms with Gasteiger partial charge >= 0.3 is 0 Å². The third-order valence-corrected chi connectivity index (χ3v) is 23.3. The van der Waals surface area contributed by atoms with Gasteiger partial charge in [0.1, 0.15) is 90.3 Å². The van der Waals surface area contributed by atoms with Crippen LogP contribution in [0.1, 0.15) is 130 Å². The van der Waals surface area contributed by atoms with Crippen molar-refractivity contribution in [3.05, 3.63) is 83.9 Å². The maximum Gasteiger partial charge on any atom is 0.245 e. The number of aliphatic hydroxyl groups excluding tert-OH is 3. The maximum absolute atomic E-state index is 15.4. The molecule has 0 bridgehead atoms. The SMILES string of the molecule is CCN[C@@H](Cc1cnc[nH]1)C(=O)N[C@@H](CCC(N)=O)C(=O)N[C@H](C(=O)N[C@H]1CSSC[C@@H](C(=O)N[C@@H](Cc2ccccc2)C(=O)N[C@@H](CO)C(=O)N[C@H](C(N)=O)[C@@H](C)O)NC(=O)[C@H](C(C)C)NC(=O)[C@@H]2CCCN2C(=O)[C@H](CCCNC(=N)N)NC(=O)CNC(=O)[C@H](CCCNC(=N)N)NC(=O)[C@H](Cc2ccc(O)cc2)NC(=O)[C@H](CO)NC(=O)[C@H](CC(C)C)NC1=O)C(C)C. The van der Waals surface area contributed by atoms with Crippen molar-refractivity contribution in [2.24, 2.45) is 40.7 Å². The molecule has 0 saturated carbocycles. The monoisotopic (exact) mass is 1880 g/mol. The Balaban J connectivity index is 1.71. The van der Waals surface area contributed by atoms with E-state index in [1.54, 1.807) is 51.1 Å². The number of aromatic amines is 1. The number of phenols is 1. The summed E-state index contributed by atoms with van der Waals surface area (Å²) in [5.41, 5.74) is 23.3. The summed E-state index contributed by atoms with van der Waals surface area (Å²) in [6.45, 7) is 9.35. The van der Waals surface area contributed by atoms with Crippen LogP contribution < -0.4 is 113 Å². The van der Waals surface area contributed by atoms with Gasteiger partial charge in [0.2, 0.25) is 100 Å². The largest absolute Gasteiger partial charge is 0.508 e. The van der Waals surface area contributed by atoms with Crippen LogP contribution in [0.3, 0.4) is 0 Å². The number of aromatic hydroxyl groups is 1. The molecule has 3 heterocycles. The maximum atomic E-state index is 15.4. The molecule has 5 rings (SSSR count). The Morgan fingerprint density at radius 1 is 0.595 bits per heavy atom. The molecule has 0 radical (unpaired) electrons. The number of carbonyl (C=O) groups excluding carboxylic acids is 17. The topological polar surface area (TPSA) is 759 Å². The van der Waals surface area contributed by atoms with Crippen molar-refractivity contribution in [3.8, 4) is 5.75 Å². The number of imidazole rings is 1. The summed E-state index contributed by atoms with van der Waals surface area (Å²) in [6.07, 6.45) is -0.482. The molecule has 2 aliphatic heterocycles. The molecule has 0 spiro atoms. The number of aromatic nitrogens is 2. The molecule has 32 N–H and O–H groups in total. The summed E-state index contributed by atoms with van der Waals surface area (Å²) in [5.74, 6) is -21.8. The second-order valence-electron chi connectivity index (χ2n) is 32.7. The van der Waals surface area contributed by atoms with E-state index in [1.165, 1.54) is 69.4 Å². The number of guanidine groups is 2. The molecule has 131 heavy (non-hydrogen) atoms. The number of amides is 17. The first kappa shape index (κ1) is 109. The predicted octanol–water partition coefficient (Wildman–Crippen LogP) is -8.07. The number of benzene rings is 2. The van der Waals surface area contributed by atoms with Crippen LogP contribution in [0, 0.1) is 28.6 Å². The van der Waals surface area contributed by atoms with Crippen molar-refractivity contribution in [1.82, 2.24) is 105 Å². The highest BCUT2D eigenvalue weighted by molar-refractivity contribution is 8.76. The van der Waals surface area contributed by atoms with E-state index in [1.807, 2.05) is 0 Å². The molecule has 1 aromatic heterocycles. The Bertz CT molecular complexity index is 4390. The van der Waals surface area contributed by atoms with Crippen molar-refractivity contribution < 1.29 is 102 Å². The fraction of sp³-hybridized carbons (Fsp3) is 0.585. The van der Waals surface area contributed by atoms with Crippen LogP contribution in [0.25, 0.3) is 0 Å². The number of likely N-dealkylation sites (N-methyl/N-ethyl adjacent to an activating group) is 1. The zero-order chi connectivity index (χ0) is 97.3. The number of nitrogens with one attached hydrogen (secondary N) is 20. The van der Waals surface area contributed by atoms with Crippen LogP contribution in [0.2, 0.25) is 0 Å². The Hall–Kier alpha value is -12.5. The molecule has 17 amide bonds. The van der Waals surface area contributed by atoms with E-state index in [0.29, 0.717) is 16.8 Å². The van der Waals surface area contributed by atoms with Gasteiger partial charge in [0, 0.05) is 68.7 Å². The lowest BCUT2D eigenvalue weighted by atomic mass is 10.0. The number of nitrogens with zero attached hydrogens (tertiary/aromatic N) is 2. The summed E-state index contributed by atoms with van der Waals surface area (Å²) in [5, 5.41) is 101. The summed E-state index contributed by atoms with van der Waals surface area (Å²) in [4.78, 5) is 254. The lowest BCUT2D eigenvalue weighted by Gasteiger charge is -2.31. The zero-order valence-electron chi connectivity index (χ0n) is 74.4. The quantitative estimate of drug-likeness (QED) is 0.0109. The van der Waals surface area contributed by atoms with Gasteiger partial charge < -0.3 is 144 Å². The molecule has 0 aliphatic carbocycles. The fourth-order valence-corrected chi connectivity index (χ4v) is 16.1. The normalized spacial score (nSPS) is 21.4. The zero-order valence-corrected chi connectivity index (χ0v) is 76.1. The number of primary amides is 2. The Morgan fingerprint density at radius 3 is 1.76 bits per heavy atom. The van der Waals surface area contributed by atoms with Crippen molar-refractivity contribution in [2.45, 2.75) is 229 Å². The van der Waals surface area contributed by atoms with Gasteiger partial charge in [-0.05, 0) is 106 Å². The van der Waals surface area contributed by atoms with Gasteiger partial charge in [-0.1, -0.05) is 113 Å². The first-order chi connectivity index (χ1) is 62.0. The lowest BCUT2D eigenvalue weighted by molar-refractivity contribution is -0.142. The molecule has 3 aromatic rings. The van der Waals surface area contributed by atoms with Gasteiger partial charge in [0.05, 0.1) is 38.2 Å². The Kier molecular flexibility index (Phi) is 46.2. The summed E-state index contributed by atoms with van der Waals surface area (Å²) in [6, 6.07) is -10.9. The number of phenolic OH excluding ortho intramolecular Hbond substituents is 1. The molecule has 2 aliphatic rings. The number of fused-ring (bicyclic) bond motifs is 1. The van der Waals surface area contributed by atoms with E-state index in [9.17, 15) is 82.8 Å². The second kappa shape index (κ2) is 55.5. The molecule has 49 heteroatoms. The van der Waals surface area contributed by atoms with Crippen LogP contribution in [-0.2, 0) is 101 Å². The van der Waals surface area contributed by atoms with E-state index in [4.69, 9.17) is 33.8 Å². The third-order valence-electron chi connectivity index (χ3n) is 20.9. The van der Waals surface area contributed by atoms with E-state index >= 15 is 19.2 Å². The fourth-order valence-electron chi connectivity index (χ4n) is 13.8. The van der Waals surface area contributed by atoms with Gasteiger partial charge in [0.15, 0.2) is 11.9 Å². The number of H-pyrrole nitrogens is 1. The van der Waals surface area contributed by atoms with Crippen LogP contribution in [-0.4, -0.2) is 302 Å². The molecule has 47 nitrogen and oxygen atoms in total. The van der Waals surface area contributed by atoms with E-state index < -0.39 is 271 Å². The number of nitrogens with two attached hydrogens (primary N) is 4. The average Bonchev–Trinajstić information content (AvgIpc) is 1.70. The van der Waals surface area contributed by atoms with Crippen LogP contribution >= 0.6 is 21.6 Å². The van der Waals surface area contributed by atoms with Crippen molar-refractivity contribution in [3.63, 3.8) is 0 Å². The number of hydrogen-bond donors (Lipinski definition) is 28. The molecule has 2 fully saturated rings. The molecule has 16 atom stereocenters. The first-order valence-electron chi connectivity index (χ1n) is 43.0. The standard InChI is InChI=1S/C82H128N26O21S2/c1-9-90-52(33-47-34-89-40-94-47)69(118)97-50(25-26-61(83)113)68(117)105-63(42(4)5)78(127)103-58-38-130-131-39-59(76(125)100-54(31-45-16-11-10-12-17-45)72(121)102-57(37-110)74(123)107-65(44(8)111)66(84)115)104-79(128)64(43(6)7)106-77(126)60-20-15-29-108(60)80(129)51(19-14-28-92-82(87)88)95-62(114)35-93-67(116)49(18-13-27-91-81(85)86)96-71(120)55(32-46-21-23-48(112)24-22-46)99-73(122)56(36-109)101-70(119)53(30-41(2)3)98-75(58)124/h10-12,16-17,21-24,34,40-44,49-60,63-65,90,109-112H,9,13-15,18-20,25-33,35-39H2,1-8H3,(H2,83,113)(H2,84,115)(H,89,94)(H,93,116)(H,95,114)(H,96,120)(H,97,118)(H,98,124)(H,99,122)(H,100,125)(H,101,119)(H,102,121)(H,103,127)(H,104,128)(H,105,117)(H,106,126)(H,107,123)(H4,85,86,91)(H4,87,88,92)/t44-,49+,50+,51+,52+,53+,54+,55+,56+,57+,58+,59+,60+,63+,64+,65+/m1/s1. The average molecular weight is 1880 g/mol. The van der Waals surface area contributed by atoms with E-state index in [0.717, 1.165) is 28.5 Å². The highest BCUT2D eigenvalue weighted by Gasteiger charge is 2.43. The van der Waals surface area contributed by atoms with E-state index in [-0.39, 0.29) is 96.1 Å². The van der Waals surface area contributed by atoms with Crippen LogP contribution in [0.5, 0.6) is 5.75 Å². The summed E-state index contributed by atoms with van der Waals surface area (Å²) >= 11 is 0. The van der Waals surface area contributed by atoms with Crippen molar-refractivity contribution in [2.75, 3.05) is 57.4 Å². The Labute approximate surface area is 765 Å². The number of aliphatic hydroxyl groups is 3. The smallest absolute Gasteiger partial charge is 0.245 e. The van der Waals surface area contributed by atoms with Crippen molar-refractivity contribution in [1.29, 1.82) is 10.8 Å². The molecule has 2 aromatic carbocycles. The minimum atomic E-state index is -1.95. The highest BCUT2D eigenvalue weighted by Crippen LogP contribution is 2.26. The summed E-state index contributed by atoms with van der Waals surface area (Å²) < 4.78 is 0. The van der Waals surface area contributed by atoms with Gasteiger partial charge in [-0.15, -0.1) is 0 Å². The number of carbonyl (C=O) groups is 17. The van der Waals surface area contributed by atoms with E-state index in [2.05, 4.69) is 100 Å². The summed E-state index contributed by atoms with van der Waals surface area (Å²) in [7, 11) is 1.53.